The molecule has 4 rings (SSSR count). The molecule has 1 fully saturated rings. The van der Waals surface area contributed by atoms with Gasteiger partial charge in [-0.25, -0.2) is 9.37 Å². The number of anilines is 1. The third-order valence-corrected chi connectivity index (χ3v) is 4.65. The van der Waals surface area contributed by atoms with Crippen molar-refractivity contribution in [2.45, 2.75) is 18.9 Å². The second-order valence-corrected chi connectivity index (χ2v) is 6.18. The van der Waals surface area contributed by atoms with Crippen molar-refractivity contribution >= 4 is 17.2 Å². The van der Waals surface area contributed by atoms with Gasteiger partial charge in [-0.15, -0.1) is 0 Å². The zero-order chi connectivity index (χ0) is 18.3. The van der Waals surface area contributed by atoms with Gasteiger partial charge >= 0.3 is 11.2 Å². The summed E-state index contributed by atoms with van der Waals surface area (Å²) in [5.41, 5.74) is -0.0563. The van der Waals surface area contributed by atoms with E-state index in [-0.39, 0.29) is 17.7 Å². The van der Waals surface area contributed by atoms with Crippen molar-refractivity contribution in [3.63, 3.8) is 0 Å². The van der Waals surface area contributed by atoms with Crippen molar-refractivity contribution in [3.8, 4) is 0 Å². The molecule has 0 N–H and O–H groups in total. The van der Waals surface area contributed by atoms with Crippen LogP contribution in [0.25, 0.3) is 5.65 Å². The van der Waals surface area contributed by atoms with E-state index in [1.54, 1.807) is 35.2 Å². The largest absolute Gasteiger partial charge is 0.376 e. The van der Waals surface area contributed by atoms with E-state index in [9.17, 15) is 19.3 Å². The number of aromatic nitrogens is 2. The maximum atomic E-state index is 13.2. The van der Waals surface area contributed by atoms with Crippen molar-refractivity contribution in [1.29, 1.82) is 0 Å². The zero-order valence-electron chi connectivity index (χ0n) is 13.7. The van der Waals surface area contributed by atoms with Crippen LogP contribution in [0.5, 0.6) is 0 Å². The third-order valence-electron chi connectivity index (χ3n) is 4.65. The summed E-state index contributed by atoms with van der Waals surface area (Å²) in [6.07, 6.45) is 3.01. The van der Waals surface area contributed by atoms with Gasteiger partial charge in [0.25, 0.3) is 0 Å². The molecule has 2 aromatic heterocycles. The van der Waals surface area contributed by atoms with E-state index in [2.05, 4.69) is 4.98 Å². The number of benzene rings is 1. The number of fused-ring (bicyclic) bond motifs is 1. The van der Waals surface area contributed by atoms with Gasteiger partial charge < -0.3 is 4.90 Å². The molecule has 1 aliphatic rings. The lowest BCUT2D eigenvalue weighted by molar-refractivity contribution is -0.385. The van der Waals surface area contributed by atoms with Crippen LogP contribution < -0.4 is 10.5 Å². The van der Waals surface area contributed by atoms with Crippen molar-refractivity contribution in [2.75, 3.05) is 11.4 Å². The molecule has 0 radical (unpaired) electrons. The summed E-state index contributed by atoms with van der Waals surface area (Å²) >= 11 is 0. The standard InChI is InChI=1S/C18H15FN4O3/c19-13-8-6-12(7-9-13)14-4-3-11-21(14)17-16(23(25)26)18(24)22-10-2-1-5-15(22)20-17/h1-2,5-10,14H,3-4,11H2/t14-/m0/s1. The van der Waals surface area contributed by atoms with E-state index in [0.717, 1.165) is 18.4 Å². The molecule has 1 aromatic carbocycles. The number of nitrogens with zero attached hydrogens (tertiary/aromatic N) is 4. The van der Waals surface area contributed by atoms with E-state index < -0.39 is 16.2 Å². The van der Waals surface area contributed by atoms with E-state index in [1.807, 2.05) is 0 Å². The lowest BCUT2D eigenvalue weighted by Gasteiger charge is -2.25. The van der Waals surface area contributed by atoms with Crippen molar-refractivity contribution < 1.29 is 9.31 Å². The summed E-state index contributed by atoms with van der Waals surface area (Å²) in [6, 6.07) is 10.8. The van der Waals surface area contributed by atoms with Gasteiger partial charge in [-0.05, 0) is 42.7 Å². The zero-order valence-corrected chi connectivity index (χ0v) is 13.7. The molecule has 0 amide bonds. The topological polar surface area (TPSA) is 80.8 Å². The van der Waals surface area contributed by atoms with E-state index in [4.69, 9.17) is 0 Å². The molecule has 3 heterocycles. The number of nitro groups is 1. The van der Waals surface area contributed by atoms with Crippen molar-refractivity contribution in [3.05, 3.63) is 80.5 Å². The first-order valence-electron chi connectivity index (χ1n) is 8.24. The Balaban J connectivity index is 1.89. The number of hydrogen-bond donors (Lipinski definition) is 0. The van der Waals surface area contributed by atoms with Gasteiger partial charge in [0, 0.05) is 12.7 Å². The average molecular weight is 354 g/mol. The molecule has 0 spiro atoms. The maximum Gasteiger partial charge on any atom is 0.376 e. The summed E-state index contributed by atoms with van der Waals surface area (Å²) < 4.78 is 14.4. The fraction of sp³-hybridized carbons (Fsp3) is 0.222. The molecule has 8 heteroatoms. The van der Waals surface area contributed by atoms with Gasteiger partial charge in [0.2, 0.25) is 5.82 Å². The summed E-state index contributed by atoms with van der Waals surface area (Å²) in [7, 11) is 0. The first-order chi connectivity index (χ1) is 12.6. The maximum absolute atomic E-state index is 13.2. The minimum Gasteiger partial charge on any atom is -0.344 e. The Labute approximate surface area is 147 Å². The van der Waals surface area contributed by atoms with Crippen LogP contribution in [-0.2, 0) is 0 Å². The fourth-order valence-electron chi connectivity index (χ4n) is 3.48. The third kappa shape index (κ3) is 2.59. The monoisotopic (exact) mass is 354 g/mol. The van der Waals surface area contributed by atoms with Gasteiger partial charge in [0.05, 0.1) is 11.0 Å². The Bertz CT molecular complexity index is 1050. The second-order valence-electron chi connectivity index (χ2n) is 6.18. The fourth-order valence-corrected chi connectivity index (χ4v) is 3.48. The molecule has 1 aliphatic heterocycles. The molecule has 7 nitrogen and oxygen atoms in total. The van der Waals surface area contributed by atoms with E-state index >= 15 is 0 Å². The Kier molecular flexibility index (Phi) is 3.87. The van der Waals surface area contributed by atoms with Gasteiger partial charge in [-0.3, -0.25) is 19.3 Å². The van der Waals surface area contributed by atoms with Crippen LogP contribution in [0, 0.1) is 15.9 Å². The highest BCUT2D eigenvalue weighted by Gasteiger charge is 2.34. The SMILES string of the molecule is O=c1c([N+](=O)[O-])c(N2CCC[C@H]2c2ccc(F)cc2)nc2ccccn12. The van der Waals surface area contributed by atoms with Crippen molar-refractivity contribution in [1.82, 2.24) is 9.38 Å². The van der Waals surface area contributed by atoms with Crippen LogP contribution in [0.3, 0.4) is 0 Å². The summed E-state index contributed by atoms with van der Waals surface area (Å²) in [6.45, 7) is 0.540. The summed E-state index contributed by atoms with van der Waals surface area (Å²) in [5.74, 6) is -0.274. The van der Waals surface area contributed by atoms with Gasteiger partial charge in [-0.2, -0.15) is 0 Å². The molecule has 3 aromatic rings. The molecule has 0 aliphatic carbocycles. The van der Waals surface area contributed by atoms with Gasteiger partial charge in [0.15, 0.2) is 0 Å². The smallest absolute Gasteiger partial charge is 0.344 e. The first kappa shape index (κ1) is 16.2. The molecule has 0 unspecified atom stereocenters. The van der Waals surface area contributed by atoms with Gasteiger partial charge in [-0.1, -0.05) is 18.2 Å². The number of halogens is 1. The average Bonchev–Trinajstić information content (AvgIpc) is 3.11. The number of pyridine rings is 1. The molecule has 1 atom stereocenters. The molecule has 0 bridgehead atoms. The lowest BCUT2D eigenvalue weighted by atomic mass is 10.0. The second kappa shape index (κ2) is 6.21. The van der Waals surface area contributed by atoms with Crippen LogP contribution in [0.1, 0.15) is 24.4 Å². The molecule has 1 saturated heterocycles. The minimum absolute atomic E-state index is 0.0676. The molecule has 26 heavy (non-hydrogen) atoms. The molecule has 0 saturated carbocycles. The highest BCUT2D eigenvalue weighted by molar-refractivity contribution is 5.63. The van der Waals surface area contributed by atoms with Crippen LogP contribution in [0.4, 0.5) is 15.9 Å². The van der Waals surface area contributed by atoms with Crippen LogP contribution in [0.15, 0.2) is 53.5 Å². The summed E-state index contributed by atoms with van der Waals surface area (Å²) in [4.78, 5) is 29.8. The molecular weight excluding hydrogens is 339 g/mol. The number of rotatable bonds is 3. The summed E-state index contributed by atoms with van der Waals surface area (Å²) in [5, 5.41) is 11.6. The minimum atomic E-state index is -0.708. The highest BCUT2D eigenvalue weighted by atomic mass is 19.1. The Hall–Kier alpha value is -3.29. The van der Waals surface area contributed by atoms with E-state index in [1.165, 1.54) is 22.7 Å². The molecular formula is C18H15FN4O3. The van der Waals surface area contributed by atoms with Crippen LogP contribution >= 0.6 is 0 Å². The highest BCUT2D eigenvalue weighted by Crippen LogP contribution is 2.38. The Morgan fingerprint density at radius 2 is 1.96 bits per heavy atom. The predicted molar refractivity (Wildman–Crippen MR) is 93.8 cm³/mol. The van der Waals surface area contributed by atoms with Gasteiger partial charge in [0.1, 0.15) is 11.5 Å². The number of hydrogen-bond acceptors (Lipinski definition) is 5. The van der Waals surface area contributed by atoms with Crippen LogP contribution in [-0.4, -0.2) is 20.9 Å². The van der Waals surface area contributed by atoms with Crippen molar-refractivity contribution in [2.24, 2.45) is 0 Å². The lowest BCUT2D eigenvalue weighted by Crippen LogP contribution is -2.29. The predicted octanol–water partition coefficient (Wildman–Crippen LogP) is 3.08. The first-order valence-corrected chi connectivity index (χ1v) is 8.24. The Morgan fingerprint density at radius 3 is 2.69 bits per heavy atom. The molecule has 132 valence electrons. The van der Waals surface area contributed by atoms with Crippen LogP contribution in [0.2, 0.25) is 0 Å². The normalized spacial score (nSPS) is 17.0. The Morgan fingerprint density at radius 1 is 1.19 bits per heavy atom. The quantitative estimate of drug-likeness (QED) is 0.533. The van der Waals surface area contributed by atoms with E-state index in [0.29, 0.717) is 12.2 Å².